The normalized spacial score (nSPS) is 13.8. The first-order valence-corrected chi connectivity index (χ1v) is 11.5. The number of anilines is 2. The lowest BCUT2D eigenvalue weighted by Crippen LogP contribution is -2.45. The number of carbonyl (C=O) groups excluding carboxylic acids is 2. The van der Waals surface area contributed by atoms with Gasteiger partial charge in [0.1, 0.15) is 0 Å². The maximum Gasteiger partial charge on any atom is 0.329 e. The van der Waals surface area contributed by atoms with Gasteiger partial charge in [0.05, 0.1) is 11.4 Å². The van der Waals surface area contributed by atoms with Crippen molar-refractivity contribution < 1.29 is 9.59 Å². The van der Waals surface area contributed by atoms with Crippen molar-refractivity contribution in [1.82, 2.24) is 15.1 Å². The summed E-state index contributed by atoms with van der Waals surface area (Å²) in [6.45, 7) is 2.86. The molecule has 0 spiro atoms. The molecule has 0 unspecified atom stereocenters. The van der Waals surface area contributed by atoms with Crippen LogP contribution in [0.3, 0.4) is 0 Å². The van der Waals surface area contributed by atoms with E-state index in [1.807, 2.05) is 88.7 Å². The molecule has 1 aliphatic rings. The number of carbonyl (C=O) groups is 2. The summed E-state index contributed by atoms with van der Waals surface area (Å²) in [5.41, 5.74) is 2.86. The number of urea groups is 2. The van der Waals surface area contributed by atoms with Crippen LogP contribution in [-0.4, -0.2) is 54.6 Å². The molecule has 0 aromatic heterocycles. The lowest BCUT2D eigenvalue weighted by molar-refractivity contribution is 0.195. The van der Waals surface area contributed by atoms with Gasteiger partial charge in [-0.3, -0.25) is 4.90 Å². The molecule has 170 valence electrons. The van der Waals surface area contributed by atoms with Crippen LogP contribution in [0.5, 0.6) is 0 Å². The molecular formula is C27H30N4O2. The Labute approximate surface area is 195 Å². The van der Waals surface area contributed by atoms with Gasteiger partial charge in [-0.15, -0.1) is 0 Å². The van der Waals surface area contributed by atoms with E-state index in [1.54, 1.807) is 4.90 Å². The number of rotatable bonds is 5. The maximum absolute atomic E-state index is 13.6. The van der Waals surface area contributed by atoms with Crippen LogP contribution in [0, 0.1) is 0 Å². The van der Waals surface area contributed by atoms with Crippen molar-refractivity contribution in [3.05, 3.63) is 96.6 Å². The fourth-order valence-electron chi connectivity index (χ4n) is 4.05. The van der Waals surface area contributed by atoms with Gasteiger partial charge in [0.15, 0.2) is 0 Å². The molecule has 1 aliphatic heterocycles. The van der Waals surface area contributed by atoms with Gasteiger partial charge >= 0.3 is 12.1 Å². The fourth-order valence-corrected chi connectivity index (χ4v) is 4.05. The van der Waals surface area contributed by atoms with Crippen molar-refractivity contribution in [2.24, 2.45) is 0 Å². The maximum atomic E-state index is 13.6. The summed E-state index contributed by atoms with van der Waals surface area (Å²) in [5, 5.41) is 3.02. The third kappa shape index (κ3) is 5.92. The van der Waals surface area contributed by atoms with E-state index in [4.69, 9.17) is 0 Å². The number of para-hydroxylation sites is 2. The fraction of sp³-hybridized carbons (Fsp3) is 0.259. The van der Waals surface area contributed by atoms with Gasteiger partial charge < -0.3 is 15.1 Å². The highest BCUT2D eigenvalue weighted by molar-refractivity contribution is 5.99. The van der Waals surface area contributed by atoms with Crippen molar-refractivity contribution >= 4 is 23.4 Å². The van der Waals surface area contributed by atoms with Crippen molar-refractivity contribution in [1.29, 1.82) is 0 Å². The van der Waals surface area contributed by atoms with Gasteiger partial charge in [-0.1, -0.05) is 66.7 Å². The molecule has 6 heteroatoms. The molecule has 0 bridgehead atoms. The van der Waals surface area contributed by atoms with Gasteiger partial charge in [0, 0.05) is 32.7 Å². The minimum atomic E-state index is -0.0706. The molecule has 4 rings (SSSR count). The molecule has 0 radical (unpaired) electrons. The Kier molecular flexibility index (Phi) is 7.59. The van der Waals surface area contributed by atoms with E-state index in [2.05, 4.69) is 17.4 Å². The second kappa shape index (κ2) is 11.2. The lowest BCUT2D eigenvalue weighted by Gasteiger charge is -2.30. The summed E-state index contributed by atoms with van der Waals surface area (Å²) in [6.07, 6.45) is 1.55. The van der Waals surface area contributed by atoms with Gasteiger partial charge in [-0.25, -0.2) is 9.59 Å². The number of nitrogens with one attached hydrogen (secondary N) is 1. The first-order valence-electron chi connectivity index (χ1n) is 11.5. The summed E-state index contributed by atoms with van der Waals surface area (Å²) in [5.74, 6) is 0. The van der Waals surface area contributed by atoms with Crippen molar-refractivity contribution in [2.75, 3.05) is 37.6 Å². The van der Waals surface area contributed by atoms with Crippen LogP contribution in [-0.2, 0) is 6.42 Å². The Morgan fingerprint density at radius 1 is 0.697 bits per heavy atom. The largest absolute Gasteiger partial charge is 0.338 e. The van der Waals surface area contributed by atoms with Crippen LogP contribution in [0.25, 0.3) is 0 Å². The van der Waals surface area contributed by atoms with Crippen molar-refractivity contribution in [2.45, 2.75) is 12.8 Å². The highest BCUT2D eigenvalue weighted by Crippen LogP contribution is 2.26. The third-order valence-corrected chi connectivity index (χ3v) is 5.81. The standard InChI is InChI=1S/C27H30N4O2/c32-26(28-18-17-23-11-4-1-5-12-23)29-19-10-20-30(22-21-29)27(33)31(24-13-6-2-7-14-24)25-15-8-3-9-16-25/h1-9,11-16H,10,17-22H2,(H,28,32). The van der Waals surface area contributed by atoms with Crippen LogP contribution in [0.1, 0.15) is 12.0 Å². The van der Waals surface area contributed by atoms with Gasteiger partial charge in [0.25, 0.3) is 0 Å². The van der Waals surface area contributed by atoms with E-state index in [-0.39, 0.29) is 12.1 Å². The Morgan fingerprint density at radius 2 is 1.21 bits per heavy atom. The number of hydrogen-bond acceptors (Lipinski definition) is 2. The molecule has 1 saturated heterocycles. The van der Waals surface area contributed by atoms with E-state index in [9.17, 15) is 9.59 Å². The molecular weight excluding hydrogens is 412 g/mol. The van der Waals surface area contributed by atoms with Crippen LogP contribution in [0.15, 0.2) is 91.0 Å². The third-order valence-electron chi connectivity index (χ3n) is 5.81. The minimum Gasteiger partial charge on any atom is -0.338 e. The van der Waals surface area contributed by atoms with Crippen molar-refractivity contribution in [3.8, 4) is 0 Å². The second-order valence-electron chi connectivity index (χ2n) is 8.08. The summed E-state index contributed by atoms with van der Waals surface area (Å²) in [6, 6.07) is 29.4. The smallest absolute Gasteiger partial charge is 0.329 e. The molecule has 0 aliphatic carbocycles. The second-order valence-corrected chi connectivity index (χ2v) is 8.08. The zero-order valence-electron chi connectivity index (χ0n) is 18.8. The summed E-state index contributed by atoms with van der Waals surface area (Å²) in [4.78, 5) is 31.7. The Bertz CT molecular complexity index is 988. The Hall–Kier alpha value is -3.80. The average Bonchev–Trinajstić information content (AvgIpc) is 3.13. The van der Waals surface area contributed by atoms with Gasteiger partial charge in [-0.2, -0.15) is 0 Å². The molecule has 3 aromatic carbocycles. The van der Waals surface area contributed by atoms with Gasteiger partial charge in [-0.05, 0) is 42.7 Å². The number of hydrogen-bond donors (Lipinski definition) is 1. The van der Waals surface area contributed by atoms with Gasteiger partial charge in [0.2, 0.25) is 0 Å². The van der Waals surface area contributed by atoms with E-state index in [0.717, 1.165) is 24.2 Å². The first-order chi connectivity index (χ1) is 16.2. The SMILES string of the molecule is O=C(NCCc1ccccc1)N1CCCN(C(=O)N(c2ccccc2)c2ccccc2)CC1. The highest BCUT2D eigenvalue weighted by Gasteiger charge is 2.27. The molecule has 4 amide bonds. The molecule has 0 atom stereocenters. The average molecular weight is 443 g/mol. The van der Waals surface area contributed by atoms with E-state index in [0.29, 0.717) is 32.7 Å². The van der Waals surface area contributed by atoms with Crippen LogP contribution >= 0.6 is 0 Å². The number of amides is 4. The lowest BCUT2D eigenvalue weighted by atomic mass is 10.1. The predicted octanol–water partition coefficient (Wildman–Crippen LogP) is 4.90. The van der Waals surface area contributed by atoms with E-state index >= 15 is 0 Å². The van der Waals surface area contributed by atoms with E-state index < -0.39 is 0 Å². The molecule has 1 fully saturated rings. The zero-order chi connectivity index (χ0) is 22.9. The molecule has 1 heterocycles. The summed E-state index contributed by atoms with van der Waals surface area (Å²) < 4.78 is 0. The Morgan fingerprint density at radius 3 is 1.82 bits per heavy atom. The molecule has 3 aromatic rings. The quantitative estimate of drug-likeness (QED) is 0.611. The molecule has 33 heavy (non-hydrogen) atoms. The number of benzene rings is 3. The first kappa shape index (κ1) is 22.4. The van der Waals surface area contributed by atoms with Crippen molar-refractivity contribution in [3.63, 3.8) is 0 Å². The molecule has 0 saturated carbocycles. The summed E-state index contributed by atoms with van der Waals surface area (Å²) in [7, 11) is 0. The predicted molar refractivity (Wildman–Crippen MR) is 132 cm³/mol. The summed E-state index contributed by atoms with van der Waals surface area (Å²) >= 11 is 0. The van der Waals surface area contributed by atoms with Crippen LogP contribution < -0.4 is 10.2 Å². The Balaban J connectivity index is 1.37. The van der Waals surface area contributed by atoms with Crippen LogP contribution in [0.4, 0.5) is 21.0 Å². The topological polar surface area (TPSA) is 55.9 Å². The number of nitrogens with zero attached hydrogens (tertiary/aromatic N) is 3. The minimum absolute atomic E-state index is 0.0665. The van der Waals surface area contributed by atoms with E-state index in [1.165, 1.54) is 5.56 Å². The monoisotopic (exact) mass is 442 g/mol. The van der Waals surface area contributed by atoms with Crippen LogP contribution in [0.2, 0.25) is 0 Å². The zero-order valence-corrected chi connectivity index (χ0v) is 18.8. The molecule has 1 N–H and O–H groups in total. The molecule has 6 nitrogen and oxygen atoms in total. The highest BCUT2D eigenvalue weighted by atomic mass is 16.2.